The summed E-state index contributed by atoms with van der Waals surface area (Å²) < 4.78 is 4.58. The molecule has 0 aliphatic carbocycles. The molecule has 27 heavy (non-hydrogen) atoms. The molecule has 0 radical (unpaired) electrons. The summed E-state index contributed by atoms with van der Waals surface area (Å²) in [5.41, 5.74) is 0. The normalized spacial score (nSPS) is 15.1. The molecule has 8 nitrogen and oxygen atoms in total. The summed E-state index contributed by atoms with van der Waals surface area (Å²) in [5.74, 6) is -0.0713. The molecule has 0 heterocycles. The van der Waals surface area contributed by atoms with Gasteiger partial charge < -0.3 is 35.1 Å². The number of esters is 1. The number of ether oxygens (including phenoxy) is 1. The van der Waals surface area contributed by atoms with Crippen LogP contribution in [0, 0.1) is 0 Å². The van der Waals surface area contributed by atoms with Crippen LogP contribution in [0.15, 0.2) is 0 Å². The number of carbonyl (C=O) groups excluding carboxylic acids is 2. The quantitative estimate of drug-likeness (QED) is 0.155. The summed E-state index contributed by atoms with van der Waals surface area (Å²) in [4.78, 5) is 20.7. The van der Waals surface area contributed by atoms with Gasteiger partial charge in [0.2, 0.25) is 0 Å². The second kappa shape index (κ2) is 19.7. The van der Waals surface area contributed by atoms with Crippen molar-refractivity contribution in [2.45, 2.75) is 95.5 Å². The Morgan fingerprint density at radius 1 is 0.889 bits per heavy atom. The van der Waals surface area contributed by atoms with E-state index in [1.807, 2.05) is 0 Å². The number of unbranched alkanes of at least 4 members (excludes halogenated alkanes) is 8. The molecule has 0 aromatic rings. The Bertz CT molecular complexity index is 351. The predicted octanol–water partition coefficient (Wildman–Crippen LogP) is 0.701. The first-order valence-corrected chi connectivity index (χ1v) is 9.70. The first-order valence-electron chi connectivity index (χ1n) is 9.70. The smallest absolute Gasteiger partial charge is 0.305 e. The van der Waals surface area contributed by atoms with Crippen LogP contribution in [0.3, 0.4) is 0 Å². The van der Waals surface area contributed by atoms with Crippen molar-refractivity contribution >= 4 is 12.3 Å². The maximum Gasteiger partial charge on any atom is 0.305 e. The Labute approximate surface area is 162 Å². The molecule has 0 saturated heterocycles. The van der Waals surface area contributed by atoms with Gasteiger partial charge in [0.05, 0.1) is 13.7 Å². The number of carbonyl (C=O) groups is 2. The molecule has 0 fully saturated rings. The van der Waals surface area contributed by atoms with E-state index >= 15 is 0 Å². The Kier molecular flexibility index (Phi) is 20.5. The van der Waals surface area contributed by atoms with Gasteiger partial charge >= 0.3 is 5.97 Å². The Morgan fingerprint density at radius 3 is 1.78 bits per heavy atom. The number of aliphatic hydroxyl groups excluding tert-OH is 5. The van der Waals surface area contributed by atoms with Crippen LogP contribution >= 0.6 is 0 Å². The summed E-state index contributed by atoms with van der Waals surface area (Å²) in [7, 11) is 1.45. The molecule has 8 heteroatoms. The van der Waals surface area contributed by atoms with Crippen LogP contribution in [0.25, 0.3) is 0 Å². The van der Waals surface area contributed by atoms with Crippen molar-refractivity contribution in [2.24, 2.45) is 0 Å². The second-order valence-corrected chi connectivity index (χ2v) is 6.51. The van der Waals surface area contributed by atoms with E-state index in [4.69, 9.17) is 25.5 Å². The molecule has 0 aromatic carbocycles. The monoisotopic (exact) mass is 394 g/mol. The lowest BCUT2D eigenvalue weighted by atomic mass is 10.0. The minimum atomic E-state index is -1.79. The van der Waals surface area contributed by atoms with E-state index in [9.17, 15) is 9.59 Å². The number of hydrogen-bond acceptors (Lipinski definition) is 8. The van der Waals surface area contributed by atoms with Gasteiger partial charge in [-0.25, -0.2) is 0 Å². The fourth-order valence-electron chi connectivity index (χ4n) is 2.30. The molecule has 0 bridgehead atoms. The first-order chi connectivity index (χ1) is 12.8. The van der Waals surface area contributed by atoms with Gasteiger partial charge in [-0.05, 0) is 6.42 Å². The molecule has 0 amide bonds. The van der Waals surface area contributed by atoms with Gasteiger partial charge in [0, 0.05) is 6.42 Å². The molecular formula is C19H38O8. The van der Waals surface area contributed by atoms with Gasteiger partial charge in [0.15, 0.2) is 6.29 Å². The average molecular weight is 395 g/mol. The number of methoxy groups -OCH3 is 1. The van der Waals surface area contributed by atoms with Crippen LogP contribution < -0.4 is 0 Å². The number of rotatable bonds is 15. The van der Waals surface area contributed by atoms with Gasteiger partial charge in [-0.15, -0.1) is 0 Å². The third-order valence-corrected chi connectivity index (χ3v) is 4.13. The lowest BCUT2D eigenvalue weighted by Crippen LogP contribution is -2.46. The number of aliphatic hydroxyl groups is 5. The highest BCUT2D eigenvalue weighted by molar-refractivity contribution is 5.68. The van der Waals surface area contributed by atoms with Crippen LogP contribution in [-0.2, 0) is 14.3 Å². The Balaban J connectivity index is 0. The van der Waals surface area contributed by atoms with Crippen molar-refractivity contribution < 1.29 is 39.9 Å². The zero-order valence-corrected chi connectivity index (χ0v) is 16.6. The van der Waals surface area contributed by atoms with E-state index in [0.717, 1.165) is 6.42 Å². The Hall–Kier alpha value is -1.06. The average Bonchev–Trinajstić information content (AvgIpc) is 2.70. The zero-order chi connectivity index (χ0) is 21.1. The summed E-state index contributed by atoms with van der Waals surface area (Å²) >= 11 is 0. The van der Waals surface area contributed by atoms with Crippen LogP contribution in [0.5, 0.6) is 0 Å². The van der Waals surface area contributed by atoms with Gasteiger partial charge in [-0.1, -0.05) is 58.3 Å². The van der Waals surface area contributed by atoms with Crippen molar-refractivity contribution in [1.82, 2.24) is 0 Å². The lowest BCUT2D eigenvalue weighted by Gasteiger charge is -2.22. The van der Waals surface area contributed by atoms with Gasteiger partial charge in [-0.2, -0.15) is 0 Å². The van der Waals surface area contributed by atoms with Crippen molar-refractivity contribution in [2.75, 3.05) is 13.7 Å². The SMILES string of the molecule is CCCCCCCCCCCC(=O)OC.O=C[C@H](O)[C@@H](O)[C@H](O)[C@H](O)CO. The van der Waals surface area contributed by atoms with Gasteiger partial charge in [0.1, 0.15) is 24.4 Å². The van der Waals surface area contributed by atoms with Crippen molar-refractivity contribution in [3.63, 3.8) is 0 Å². The van der Waals surface area contributed by atoms with Gasteiger partial charge in [0.25, 0.3) is 0 Å². The minimum Gasteiger partial charge on any atom is -0.469 e. The van der Waals surface area contributed by atoms with Crippen LogP contribution in [-0.4, -0.2) is 75.9 Å². The molecule has 0 aromatic heterocycles. The molecule has 0 unspecified atom stereocenters. The zero-order valence-electron chi connectivity index (χ0n) is 16.6. The Morgan fingerprint density at radius 2 is 1.37 bits per heavy atom. The molecule has 4 atom stereocenters. The molecule has 0 aliphatic heterocycles. The highest BCUT2D eigenvalue weighted by Crippen LogP contribution is 2.10. The second-order valence-electron chi connectivity index (χ2n) is 6.51. The molecular weight excluding hydrogens is 356 g/mol. The van der Waals surface area contributed by atoms with E-state index in [2.05, 4.69) is 11.7 Å². The van der Waals surface area contributed by atoms with Crippen LogP contribution in [0.1, 0.15) is 71.1 Å². The standard InChI is InChI=1S/C13H26O2.C6H12O6/c1-3-4-5-6-7-8-9-10-11-12-13(14)15-2;7-1-3(9)5(11)6(12)4(10)2-8/h3-12H2,1-2H3;1,3-6,8-12H,2H2/t;3-,4+,5+,6+/m.0/s1. The fraction of sp³-hybridized carbons (Fsp3) is 0.895. The molecule has 0 aliphatic rings. The van der Waals surface area contributed by atoms with Crippen molar-refractivity contribution in [3.05, 3.63) is 0 Å². The third kappa shape index (κ3) is 16.8. The van der Waals surface area contributed by atoms with E-state index in [-0.39, 0.29) is 12.3 Å². The van der Waals surface area contributed by atoms with Crippen LogP contribution in [0.2, 0.25) is 0 Å². The van der Waals surface area contributed by atoms with Crippen molar-refractivity contribution in [3.8, 4) is 0 Å². The van der Waals surface area contributed by atoms with E-state index < -0.39 is 31.0 Å². The van der Waals surface area contributed by atoms with Gasteiger partial charge in [-0.3, -0.25) is 4.79 Å². The number of hydrogen-bond donors (Lipinski definition) is 5. The van der Waals surface area contributed by atoms with E-state index in [0.29, 0.717) is 6.42 Å². The summed E-state index contributed by atoms with van der Waals surface area (Å²) in [6.45, 7) is 1.48. The topological polar surface area (TPSA) is 145 Å². The molecule has 0 rings (SSSR count). The molecule has 0 spiro atoms. The largest absolute Gasteiger partial charge is 0.469 e. The highest BCUT2D eigenvalue weighted by Gasteiger charge is 2.29. The molecule has 0 saturated carbocycles. The predicted molar refractivity (Wildman–Crippen MR) is 101 cm³/mol. The summed E-state index contributed by atoms with van der Waals surface area (Å²) in [6, 6.07) is 0. The fourth-order valence-corrected chi connectivity index (χ4v) is 2.30. The van der Waals surface area contributed by atoms with E-state index in [1.165, 1.54) is 58.5 Å². The van der Waals surface area contributed by atoms with Crippen LogP contribution in [0.4, 0.5) is 0 Å². The maximum atomic E-state index is 10.8. The van der Waals surface area contributed by atoms with Crippen molar-refractivity contribution in [1.29, 1.82) is 0 Å². The van der Waals surface area contributed by atoms with E-state index in [1.54, 1.807) is 0 Å². The number of aldehydes is 1. The lowest BCUT2D eigenvalue weighted by molar-refractivity contribution is -0.140. The third-order valence-electron chi connectivity index (χ3n) is 4.13. The molecule has 5 N–H and O–H groups in total. The molecule has 162 valence electrons. The highest BCUT2D eigenvalue weighted by atomic mass is 16.5. The maximum absolute atomic E-state index is 10.8. The summed E-state index contributed by atoms with van der Waals surface area (Å²) in [5, 5.41) is 43.5. The first kappa shape index (κ1) is 28.2. The summed E-state index contributed by atoms with van der Waals surface area (Å²) in [6.07, 6.45) is 5.32. The minimum absolute atomic E-state index is 0.0258.